The largest absolute Gasteiger partial charge is 0.497 e. The summed E-state index contributed by atoms with van der Waals surface area (Å²) >= 11 is 1.44. The maximum Gasteiger partial charge on any atom is 0.173 e. The SMILES string of the molecule is COc1ccc(OC)c(Sc2nc3c([nH]2)c(=N)ncn3CCc2c(C)cc(C)cc2C)c1. The molecule has 0 fully saturated rings. The average Bonchev–Trinajstić information content (AvgIpc) is 3.19. The van der Waals surface area contributed by atoms with Gasteiger partial charge in [-0.2, -0.15) is 0 Å². The van der Waals surface area contributed by atoms with Crippen molar-refractivity contribution in [1.29, 1.82) is 5.41 Å². The minimum absolute atomic E-state index is 0.177. The van der Waals surface area contributed by atoms with Crippen LogP contribution in [0.15, 0.2) is 46.7 Å². The first-order valence-corrected chi connectivity index (χ1v) is 11.2. The van der Waals surface area contributed by atoms with Crippen molar-refractivity contribution < 1.29 is 9.47 Å². The van der Waals surface area contributed by atoms with Crippen LogP contribution in [0, 0.1) is 26.2 Å². The zero-order valence-electron chi connectivity index (χ0n) is 18.9. The van der Waals surface area contributed by atoms with Crippen LogP contribution < -0.4 is 15.0 Å². The molecule has 0 radical (unpaired) electrons. The molecule has 0 aliphatic rings. The molecule has 0 atom stereocenters. The van der Waals surface area contributed by atoms with Crippen molar-refractivity contribution in [3.63, 3.8) is 0 Å². The molecule has 2 aromatic carbocycles. The Balaban J connectivity index is 1.66. The van der Waals surface area contributed by atoms with E-state index in [9.17, 15) is 0 Å². The lowest BCUT2D eigenvalue weighted by Crippen LogP contribution is -2.14. The third kappa shape index (κ3) is 4.36. The van der Waals surface area contributed by atoms with E-state index >= 15 is 0 Å². The number of aromatic amines is 1. The number of nitrogens with zero attached hydrogens (tertiary/aromatic N) is 3. The van der Waals surface area contributed by atoms with Crippen LogP contribution in [0.1, 0.15) is 22.3 Å². The van der Waals surface area contributed by atoms with Crippen molar-refractivity contribution in [3.05, 3.63) is 64.4 Å². The van der Waals surface area contributed by atoms with Gasteiger partial charge in [0.1, 0.15) is 17.0 Å². The van der Waals surface area contributed by atoms with Gasteiger partial charge in [-0.15, -0.1) is 0 Å². The fourth-order valence-electron chi connectivity index (χ4n) is 3.98. The Morgan fingerprint density at radius 2 is 1.81 bits per heavy atom. The normalized spacial score (nSPS) is 11.2. The summed E-state index contributed by atoms with van der Waals surface area (Å²) < 4.78 is 12.8. The number of H-pyrrole nitrogens is 1. The van der Waals surface area contributed by atoms with E-state index < -0.39 is 0 Å². The highest BCUT2D eigenvalue weighted by Crippen LogP contribution is 2.36. The van der Waals surface area contributed by atoms with Gasteiger partial charge in [-0.1, -0.05) is 17.7 Å². The van der Waals surface area contributed by atoms with Crippen LogP contribution in [-0.2, 0) is 13.0 Å². The molecule has 2 aromatic heterocycles. The highest BCUT2D eigenvalue weighted by Gasteiger charge is 2.14. The molecule has 0 bridgehead atoms. The lowest BCUT2D eigenvalue weighted by atomic mass is 9.97. The van der Waals surface area contributed by atoms with Gasteiger partial charge in [-0.05, 0) is 73.8 Å². The number of nitrogens with one attached hydrogen (secondary N) is 2. The molecule has 2 heterocycles. The number of aromatic nitrogens is 4. The summed E-state index contributed by atoms with van der Waals surface area (Å²) in [5.74, 6) is 1.48. The van der Waals surface area contributed by atoms with Crippen LogP contribution in [0.2, 0.25) is 0 Å². The summed E-state index contributed by atoms with van der Waals surface area (Å²) in [6.45, 7) is 7.17. The molecular weight excluding hydrogens is 422 g/mol. The summed E-state index contributed by atoms with van der Waals surface area (Å²) in [6, 6.07) is 10.1. The van der Waals surface area contributed by atoms with Gasteiger partial charge in [0.15, 0.2) is 16.3 Å². The van der Waals surface area contributed by atoms with E-state index in [4.69, 9.17) is 19.9 Å². The van der Waals surface area contributed by atoms with Gasteiger partial charge < -0.3 is 19.0 Å². The van der Waals surface area contributed by atoms with E-state index in [0.717, 1.165) is 35.0 Å². The van der Waals surface area contributed by atoms with Crippen molar-refractivity contribution >= 4 is 22.9 Å². The van der Waals surface area contributed by atoms with E-state index in [-0.39, 0.29) is 5.49 Å². The zero-order valence-corrected chi connectivity index (χ0v) is 19.8. The lowest BCUT2D eigenvalue weighted by molar-refractivity contribution is 0.394. The standard InChI is InChI=1S/C24H27N5O2S/c1-14-10-15(2)18(16(3)11-14)8-9-29-13-26-22(25)21-23(29)28-24(27-21)32-20-12-17(30-4)6-7-19(20)31-5/h6-7,10-13,25H,8-9H2,1-5H3,(H,27,28). The molecule has 0 aliphatic heterocycles. The van der Waals surface area contributed by atoms with Crippen LogP contribution in [0.4, 0.5) is 0 Å². The number of hydrogen-bond donors (Lipinski definition) is 2. The van der Waals surface area contributed by atoms with E-state index in [2.05, 4.69) is 42.9 Å². The molecule has 0 amide bonds. The van der Waals surface area contributed by atoms with Gasteiger partial charge in [0, 0.05) is 6.54 Å². The Hall–Kier alpha value is -3.26. The molecule has 4 rings (SSSR count). The molecule has 2 N–H and O–H groups in total. The molecular formula is C24H27N5O2S. The smallest absolute Gasteiger partial charge is 0.173 e. The summed E-state index contributed by atoms with van der Waals surface area (Å²) in [5.41, 5.74) is 6.74. The summed E-state index contributed by atoms with van der Waals surface area (Å²) in [7, 11) is 3.27. The number of ether oxygens (including phenoxy) is 2. The number of benzene rings is 2. The predicted octanol–water partition coefficient (Wildman–Crippen LogP) is 4.58. The van der Waals surface area contributed by atoms with Crippen molar-refractivity contribution in [3.8, 4) is 11.5 Å². The molecule has 0 saturated heterocycles. The molecule has 0 saturated carbocycles. The Morgan fingerprint density at radius 3 is 2.50 bits per heavy atom. The average molecular weight is 450 g/mol. The fraction of sp³-hybridized carbons (Fsp3) is 0.292. The first-order valence-electron chi connectivity index (χ1n) is 10.4. The third-order valence-corrected chi connectivity index (χ3v) is 6.44. The molecule has 0 aliphatic carbocycles. The Kier molecular flexibility index (Phi) is 6.23. The van der Waals surface area contributed by atoms with Crippen LogP contribution in [0.5, 0.6) is 11.5 Å². The summed E-state index contributed by atoms with van der Waals surface area (Å²) in [4.78, 5) is 13.2. The van der Waals surface area contributed by atoms with E-state index in [0.29, 0.717) is 10.7 Å². The quantitative estimate of drug-likeness (QED) is 0.431. The van der Waals surface area contributed by atoms with Crippen molar-refractivity contribution in [2.24, 2.45) is 0 Å². The van der Waals surface area contributed by atoms with Crippen molar-refractivity contribution in [1.82, 2.24) is 19.5 Å². The summed E-state index contributed by atoms with van der Waals surface area (Å²) in [6.07, 6.45) is 2.57. The van der Waals surface area contributed by atoms with Gasteiger partial charge >= 0.3 is 0 Å². The maximum absolute atomic E-state index is 8.23. The zero-order chi connectivity index (χ0) is 22.8. The van der Waals surface area contributed by atoms with Crippen molar-refractivity contribution in [2.45, 2.75) is 43.8 Å². The molecule has 166 valence electrons. The number of aryl methyl sites for hydroxylation is 4. The number of fused-ring (bicyclic) bond motifs is 1. The Labute approximate surface area is 191 Å². The van der Waals surface area contributed by atoms with Crippen molar-refractivity contribution in [2.75, 3.05) is 14.2 Å². The predicted molar refractivity (Wildman–Crippen MR) is 126 cm³/mol. The van der Waals surface area contributed by atoms with Crippen LogP contribution in [0.3, 0.4) is 0 Å². The van der Waals surface area contributed by atoms with Gasteiger partial charge in [0.2, 0.25) is 0 Å². The van der Waals surface area contributed by atoms with Gasteiger partial charge in [-0.3, -0.25) is 5.41 Å². The Bertz CT molecular complexity index is 1320. The Morgan fingerprint density at radius 1 is 1.06 bits per heavy atom. The topological polar surface area (TPSA) is 88.8 Å². The fourth-order valence-corrected chi connectivity index (χ4v) is 4.90. The molecule has 32 heavy (non-hydrogen) atoms. The highest BCUT2D eigenvalue weighted by molar-refractivity contribution is 7.99. The second kappa shape index (κ2) is 9.08. The number of rotatable bonds is 7. The van der Waals surface area contributed by atoms with E-state index in [1.54, 1.807) is 20.5 Å². The minimum atomic E-state index is 0.177. The number of methoxy groups -OCH3 is 2. The van der Waals surface area contributed by atoms with E-state index in [1.165, 1.54) is 34.0 Å². The van der Waals surface area contributed by atoms with Gasteiger partial charge in [0.25, 0.3) is 0 Å². The van der Waals surface area contributed by atoms with Crippen LogP contribution in [-0.4, -0.2) is 33.7 Å². The first-order chi connectivity index (χ1) is 15.4. The molecule has 8 heteroatoms. The first kappa shape index (κ1) is 22.0. The van der Waals surface area contributed by atoms with Crippen LogP contribution in [0.25, 0.3) is 11.2 Å². The number of hydrogen-bond acceptors (Lipinski definition) is 6. The molecule has 4 aromatic rings. The third-order valence-electron chi connectivity index (χ3n) is 5.52. The van der Waals surface area contributed by atoms with E-state index in [1.807, 2.05) is 22.8 Å². The molecule has 0 unspecified atom stereocenters. The second-order valence-electron chi connectivity index (χ2n) is 7.77. The van der Waals surface area contributed by atoms with Gasteiger partial charge in [0.05, 0.1) is 25.4 Å². The van der Waals surface area contributed by atoms with Crippen LogP contribution >= 0.6 is 11.8 Å². The number of imidazole rings is 1. The second-order valence-corrected chi connectivity index (χ2v) is 8.80. The lowest BCUT2D eigenvalue weighted by Gasteiger charge is -2.13. The highest BCUT2D eigenvalue weighted by atomic mass is 32.2. The minimum Gasteiger partial charge on any atom is -0.497 e. The monoisotopic (exact) mass is 449 g/mol. The molecule has 7 nitrogen and oxygen atoms in total. The summed E-state index contributed by atoms with van der Waals surface area (Å²) in [5, 5.41) is 8.91. The van der Waals surface area contributed by atoms with Gasteiger partial charge in [-0.25, -0.2) is 9.97 Å². The maximum atomic E-state index is 8.23. The molecule has 0 spiro atoms.